The first-order chi connectivity index (χ1) is 26.6. The van der Waals surface area contributed by atoms with Crippen molar-refractivity contribution in [3.8, 4) is 34.2 Å². The van der Waals surface area contributed by atoms with Gasteiger partial charge < -0.3 is 4.42 Å². The van der Waals surface area contributed by atoms with Gasteiger partial charge in [-0.05, 0) is 66.7 Å². The minimum absolute atomic E-state index is 0.483. The fourth-order valence-electron chi connectivity index (χ4n) is 7.28. The lowest BCUT2D eigenvalue weighted by molar-refractivity contribution is 0.582. The largest absolute Gasteiger partial charge is 0.455 e. The highest BCUT2D eigenvalue weighted by molar-refractivity contribution is 9.10. The molecule has 9 aromatic rings. The van der Waals surface area contributed by atoms with Crippen LogP contribution in [0.5, 0.6) is 0 Å². The Morgan fingerprint density at radius 3 is 1.89 bits per heavy atom. The molecule has 1 aliphatic heterocycles. The van der Waals surface area contributed by atoms with Crippen LogP contribution < -0.4 is 14.6 Å². The van der Waals surface area contributed by atoms with Gasteiger partial charge in [0.15, 0.2) is 17.5 Å². The van der Waals surface area contributed by atoms with Gasteiger partial charge in [0.1, 0.15) is 11.2 Å². The van der Waals surface area contributed by atoms with E-state index in [4.69, 9.17) is 19.4 Å². The van der Waals surface area contributed by atoms with Crippen LogP contribution in [-0.2, 0) is 4.57 Å². The van der Waals surface area contributed by atoms with Crippen LogP contribution in [0.25, 0.3) is 56.1 Å². The lowest BCUT2D eigenvalue weighted by Gasteiger charge is -2.33. The normalized spacial score (nSPS) is 15.2. The molecule has 10 rings (SSSR count). The summed E-state index contributed by atoms with van der Waals surface area (Å²) >= 11 is 3.71. The quantitative estimate of drug-likeness (QED) is 0.155. The smallest absolute Gasteiger partial charge is 0.301 e. The zero-order valence-corrected chi connectivity index (χ0v) is 31.1. The second kappa shape index (κ2) is 13.0. The van der Waals surface area contributed by atoms with Crippen molar-refractivity contribution in [2.24, 2.45) is 0 Å². The molecule has 9 heteroatoms. The Morgan fingerprint density at radius 2 is 1.09 bits per heavy atom. The van der Waals surface area contributed by atoms with Gasteiger partial charge in [0, 0.05) is 32.1 Å². The number of rotatable bonds is 6. The number of para-hydroxylation sites is 3. The molecule has 1 atom stereocenters. The molecule has 0 fully saturated rings. The summed E-state index contributed by atoms with van der Waals surface area (Å²) in [7, 11) is -3.58. The van der Waals surface area contributed by atoms with E-state index in [1.807, 2.05) is 173 Å². The third kappa shape index (κ3) is 5.25. The van der Waals surface area contributed by atoms with Crippen molar-refractivity contribution in [1.29, 1.82) is 0 Å². The highest BCUT2D eigenvalue weighted by Gasteiger charge is 2.49. The molecule has 258 valence electrons. The van der Waals surface area contributed by atoms with Crippen LogP contribution in [0.15, 0.2) is 185 Å². The molecule has 3 heterocycles. The highest BCUT2D eigenvalue weighted by atomic mass is 79.9. The molecule has 0 saturated carbocycles. The summed E-state index contributed by atoms with van der Waals surface area (Å²) in [6, 6.07) is 57.6. The second-order valence-electron chi connectivity index (χ2n) is 13.0. The number of hydrogen-bond donors (Lipinski definition) is 0. The van der Waals surface area contributed by atoms with Crippen LogP contribution in [0.1, 0.15) is 0 Å². The average molecular weight is 783 g/mol. The third-order valence-electron chi connectivity index (χ3n) is 9.69. The van der Waals surface area contributed by atoms with E-state index in [1.54, 1.807) is 0 Å². The van der Waals surface area contributed by atoms with Crippen molar-refractivity contribution in [3.63, 3.8) is 0 Å². The minimum atomic E-state index is -3.58. The Balaban J connectivity index is 1.18. The van der Waals surface area contributed by atoms with E-state index in [2.05, 4.69) is 28.1 Å². The number of halogens is 1. The number of anilines is 4. The number of furan rings is 1. The van der Waals surface area contributed by atoms with Crippen molar-refractivity contribution < 1.29 is 8.98 Å². The van der Waals surface area contributed by atoms with Crippen molar-refractivity contribution >= 4 is 73.4 Å². The molecule has 7 aromatic carbocycles. The number of benzene rings is 7. The van der Waals surface area contributed by atoms with E-state index in [0.717, 1.165) is 60.3 Å². The van der Waals surface area contributed by atoms with E-state index in [9.17, 15) is 0 Å². The Labute approximate surface area is 319 Å². The van der Waals surface area contributed by atoms with Gasteiger partial charge >= 0.3 is 7.44 Å². The van der Waals surface area contributed by atoms with Gasteiger partial charge in [-0.2, -0.15) is 0 Å². The highest BCUT2D eigenvalue weighted by Crippen LogP contribution is 2.70. The first kappa shape index (κ1) is 32.3. The molecule has 0 spiro atoms. The molecule has 1 aliphatic rings. The van der Waals surface area contributed by atoms with Crippen LogP contribution in [0.2, 0.25) is 0 Å². The zero-order chi connectivity index (χ0) is 36.2. The molecular formula is C45H29BrN5O2P. The van der Waals surface area contributed by atoms with E-state index < -0.39 is 7.44 Å². The summed E-state index contributed by atoms with van der Waals surface area (Å²) in [6.45, 7) is 0. The van der Waals surface area contributed by atoms with Gasteiger partial charge in [-0.25, -0.2) is 15.0 Å². The summed E-state index contributed by atoms with van der Waals surface area (Å²) in [5, 5.41) is 2.73. The van der Waals surface area contributed by atoms with Gasteiger partial charge in [0.25, 0.3) is 0 Å². The fourth-order valence-corrected chi connectivity index (χ4v) is 10.6. The molecule has 7 nitrogen and oxygen atoms in total. The maximum atomic E-state index is 16.2. The molecule has 0 N–H and O–H groups in total. The van der Waals surface area contributed by atoms with Gasteiger partial charge in [-0.15, -0.1) is 0 Å². The average Bonchev–Trinajstić information content (AvgIpc) is 3.74. The van der Waals surface area contributed by atoms with Crippen molar-refractivity contribution in [3.05, 3.63) is 180 Å². The maximum absolute atomic E-state index is 16.2. The van der Waals surface area contributed by atoms with Crippen LogP contribution in [0, 0.1) is 0 Å². The topological polar surface area (TPSA) is 75.4 Å². The number of fused-ring (bicyclic) bond motifs is 4. The van der Waals surface area contributed by atoms with Gasteiger partial charge in [0.05, 0.1) is 27.9 Å². The van der Waals surface area contributed by atoms with Crippen molar-refractivity contribution in [2.45, 2.75) is 0 Å². The van der Waals surface area contributed by atoms with Crippen LogP contribution >= 0.6 is 23.4 Å². The summed E-state index contributed by atoms with van der Waals surface area (Å²) in [4.78, 5) is 15.2. The monoisotopic (exact) mass is 781 g/mol. The third-order valence-corrected chi connectivity index (χ3v) is 13.1. The lowest BCUT2D eigenvalue weighted by atomic mass is 10.1. The summed E-state index contributed by atoms with van der Waals surface area (Å²) in [5.74, 6) is 1.52. The SMILES string of the molecule is O=P1(c2ccccc2)N(c2ccccc2)c2ccc(Br)cc2N1c1cccc(-c2nc(-c3ccccc3)nc(-c3cccc4c3oc3ccccc34)n2)c1. The van der Waals surface area contributed by atoms with Gasteiger partial charge in [-0.1, -0.05) is 125 Å². The summed E-state index contributed by atoms with van der Waals surface area (Å²) in [5.41, 5.74) is 7.13. The van der Waals surface area contributed by atoms with Crippen LogP contribution in [-0.4, -0.2) is 15.0 Å². The first-order valence-electron chi connectivity index (χ1n) is 17.5. The lowest BCUT2D eigenvalue weighted by Crippen LogP contribution is -2.26. The standard InChI is InChI=1S/C45H29BrN5O2P/c46-32-26-27-39-40(29-32)51(54(52,35-20-8-3-9-21-35)50(39)33-17-6-2-7-18-33)34-19-12-16-31(28-34)44-47-43(30-14-4-1-5-15-30)48-45(49-44)38-24-13-23-37-36-22-10-11-25-41(36)53-42(37)38/h1-29H. The second-order valence-corrected chi connectivity index (χ2v) is 16.3. The Kier molecular flexibility index (Phi) is 7.75. The number of nitrogens with zero attached hydrogens (tertiary/aromatic N) is 5. The van der Waals surface area contributed by atoms with Crippen LogP contribution in [0.3, 0.4) is 0 Å². The zero-order valence-electron chi connectivity index (χ0n) is 28.6. The summed E-state index contributed by atoms with van der Waals surface area (Å²) in [6.07, 6.45) is 0. The molecule has 0 radical (unpaired) electrons. The van der Waals surface area contributed by atoms with Gasteiger partial charge in [0.2, 0.25) is 0 Å². The maximum Gasteiger partial charge on any atom is 0.301 e. The summed E-state index contributed by atoms with van der Waals surface area (Å²) < 4.78 is 27.4. The predicted molar refractivity (Wildman–Crippen MR) is 222 cm³/mol. The molecular weight excluding hydrogens is 753 g/mol. The molecule has 2 aromatic heterocycles. The molecule has 0 amide bonds. The Hall–Kier alpha value is -6.34. The van der Waals surface area contributed by atoms with E-state index in [-0.39, 0.29) is 0 Å². The minimum Gasteiger partial charge on any atom is -0.455 e. The van der Waals surface area contributed by atoms with Crippen molar-refractivity contribution in [1.82, 2.24) is 15.0 Å². The number of aromatic nitrogens is 3. The Bertz CT molecular complexity index is 2900. The molecule has 0 bridgehead atoms. The molecule has 1 unspecified atom stereocenters. The van der Waals surface area contributed by atoms with E-state index in [0.29, 0.717) is 28.4 Å². The molecule has 0 saturated heterocycles. The Morgan fingerprint density at radius 1 is 0.500 bits per heavy atom. The van der Waals surface area contributed by atoms with E-state index in [1.165, 1.54) is 0 Å². The van der Waals surface area contributed by atoms with E-state index >= 15 is 4.57 Å². The van der Waals surface area contributed by atoms with Crippen molar-refractivity contribution in [2.75, 3.05) is 9.34 Å². The van der Waals surface area contributed by atoms with Crippen LogP contribution in [0.4, 0.5) is 22.7 Å². The van der Waals surface area contributed by atoms with Gasteiger partial charge in [-0.3, -0.25) is 13.9 Å². The molecule has 54 heavy (non-hydrogen) atoms. The predicted octanol–water partition coefficient (Wildman–Crippen LogP) is 12.3. The fraction of sp³-hybridized carbons (Fsp3) is 0. The molecule has 0 aliphatic carbocycles. The first-order valence-corrected chi connectivity index (χ1v) is 19.9. The number of hydrogen-bond acceptors (Lipinski definition) is 5.